The molecular formula is C21H17N3O3. The van der Waals surface area contributed by atoms with E-state index in [-0.39, 0.29) is 5.56 Å². The van der Waals surface area contributed by atoms with Gasteiger partial charge in [-0.2, -0.15) is 0 Å². The number of nitrogens with two attached hydrogens (primary N) is 1. The molecule has 0 aliphatic rings. The Kier molecular flexibility index (Phi) is 4.01. The molecule has 0 aliphatic heterocycles. The quantitative estimate of drug-likeness (QED) is 0.433. The number of nitrogens with one attached hydrogen (secondary N) is 1. The Morgan fingerprint density at radius 1 is 1.04 bits per heavy atom. The fourth-order valence-electron chi connectivity index (χ4n) is 3.13. The smallest absolute Gasteiger partial charge is 0.337 e. The van der Waals surface area contributed by atoms with Crippen LogP contribution in [0.25, 0.3) is 27.7 Å². The molecule has 0 aliphatic carbocycles. The largest absolute Gasteiger partial charge is 0.465 e. The Balaban J connectivity index is 2.04. The number of fused-ring (bicyclic) bond motifs is 1. The summed E-state index contributed by atoms with van der Waals surface area (Å²) in [4.78, 5) is 25.2. The highest BCUT2D eigenvalue weighted by molar-refractivity contribution is 6.01. The summed E-state index contributed by atoms with van der Waals surface area (Å²) in [5.74, 6) is -0.470. The van der Waals surface area contributed by atoms with Gasteiger partial charge < -0.3 is 10.5 Å². The minimum atomic E-state index is -0.470. The lowest BCUT2D eigenvalue weighted by atomic mass is 9.99. The summed E-state index contributed by atoms with van der Waals surface area (Å²) in [7, 11) is 1.33. The van der Waals surface area contributed by atoms with Crippen LogP contribution in [0.4, 0.5) is 5.69 Å². The Bertz CT molecular complexity index is 1190. The molecule has 0 saturated heterocycles. The van der Waals surface area contributed by atoms with E-state index < -0.39 is 5.97 Å². The Labute approximate surface area is 154 Å². The maximum absolute atomic E-state index is 13.1. The van der Waals surface area contributed by atoms with Gasteiger partial charge in [0.25, 0.3) is 5.56 Å². The predicted octanol–water partition coefficient (Wildman–Crippen LogP) is 3.35. The van der Waals surface area contributed by atoms with E-state index in [1.165, 1.54) is 11.8 Å². The number of hydrogen-bond donors (Lipinski definition) is 2. The molecule has 4 rings (SSSR count). The van der Waals surface area contributed by atoms with Crippen molar-refractivity contribution in [1.29, 1.82) is 0 Å². The van der Waals surface area contributed by atoms with Gasteiger partial charge in [0.15, 0.2) is 0 Å². The van der Waals surface area contributed by atoms with Crippen LogP contribution in [-0.2, 0) is 4.74 Å². The summed E-state index contributed by atoms with van der Waals surface area (Å²) in [6.07, 6.45) is 0. The number of methoxy groups -OCH3 is 1. The first-order valence-electron chi connectivity index (χ1n) is 8.37. The number of ether oxygens (including phenoxy) is 1. The average molecular weight is 359 g/mol. The van der Waals surface area contributed by atoms with Crippen molar-refractivity contribution in [3.63, 3.8) is 0 Å². The number of esters is 1. The van der Waals surface area contributed by atoms with Crippen molar-refractivity contribution in [3.8, 4) is 16.8 Å². The molecule has 0 spiro atoms. The molecule has 0 amide bonds. The zero-order chi connectivity index (χ0) is 19.0. The molecule has 1 aromatic heterocycles. The molecule has 4 aromatic rings. The molecule has 3 aromatic carbocycles. The second-order valence-electron chi connectivity index (χ2n) is 6.15. The third kappa shape index (κ3) is 2.87. The molecule has 1 heterocycles. The van der Waals surface area contributed by atoms with Crippen LogP contribution in [0.3, 0.4) is 0 Å². The van der Waals surface area contributed by atoms with Crippen LogP contribution in [-0.4, -0.2) is 22.9 Å². The second kappa shape index (κ2) is 6.49. The number of carbonyl (C=O) groups is 1. The number of benzene rings is 3. The highest BCUT2D eigenvalue weighted by atomic mass is 16.5. The first kappa shape index (κ1) is 16.7. The number of nitrogens with zero attached hydrogens (tertiary/aromatic N) is 1. The molecule has 3 N–H and O–H groups in total. The highest BCUT2D eigenvalue weighted by Gasteiger charge is 2.18. The second-order valence-corrected chi connectivity index (χ2v) is 6.15. The van der Waals surface area contributed by atoms with E-state index in [2.05, 4.69) is 5.10 Å². The van der Waals surface area contributed by atoms with Gasteiger partial charge in [-0.25, -0.2) is 9.48 Å². The molecule has 0 unspecified atom stereocenters. The zero-order valence-corrected chi connectivity index (χ0v) is 14.6. The van der Waals surface area contributed by atoms with Gasteiger partial charge in [-0.05, 0) is 47.5 Å². The topological polar surface area (TPSA) is 90.1 Å². The summed E-state index contributed by atoms with van der Waals surface area (Å²) >= 11 is 0. The van der Waals surface area contributed by atoms with Crippen LogP contribution in [0.5, 0.6) is 0 Å². The molecular weight excluding hydrogens is 342 g/mol. The van der Waals surface area contributed by atoms with Crippen LogP contribution in [0.2, 0.25) is 0 Å². The Hall–Kier alpha value is -3.80. The van der Waals surface area contributed by atoms with Crippen molar-refractivity contribution in [2.24, 2.45) is 0 Å². The lowest BCUT2D eigenvalue weighted by molar-refractivity contribution is 0.0601. The van der Waals surface area contributed by atoms with E-state index in [1.54, 1.807) is 24.3 Å². The predicted molar refractivity (Wildman–Crippen MR) is 105 cm³/mol. The molecule has 0 atom stereocenters. The van der Waals surface area contributed by atoms with Crippen molar-refractivity contribution in [2.75, 3.05) is 12.8 Å². The number of H-pyrrole nitrogens is 1. The van der Waals surface area contributed by atoms with E-state index in [9.17, 15) is 9.59 Å². The van der Waals surface area contributed by atoms with Crippen LogP contribution in [0.1, 0.15) is 10.4 Å². The zero-order valence-electron chi connectivity index (χ0n) is 14.6. The molecule has 0 saturated carbocycles. The lowest BCUT2D eigenvalue weighted by Gasteiger charge is -2.06. The van der Waals surface area contributed by atoms with Gasteiger partial charge >= 0.3 is 5.97 Å². The number of hydrogen-bond acceptors (Lipinski definition) is 4. The summed E-state index contributed by atoms with van der Waals surface area (Å²) in [6.45, 7) is 0. The minimum absolute atomic E-state index is 0.195. The number of anilines is 1. The highest BCUT2D eigenvalue weighted by Crippen LogP contribution is 2.29. The summed E-state index contributed by atoms with van der Waals surface area (Å²) < 4.78 is 6.32. The third-order valence-electron chi connectivity index (χ3n) is 4.44. The van der Waals surface area contributed by atoms with E-state index in [4.69, 9.17) is 10.5 Å². The Morgan fingerprint density at radius 3 is 2.41 bits per heavy atom. The number of para-hydroxylation sites is 1. The van der Waals surface area contributed by atoms with Gasteiger partial charge in [0.2, 0.25) is 0 Å². The molecule has 27 heavy (non-hydrogen) atoms. The van der Waals surface area contributed by atoms with E-state index in [1.807, 2.05) is 42.5 Å². The monoisotopic (exact) mass is 359 g/mol. The van der Waals surface area contributed by atoms with Gasteiger partial charge in [0.05, 0.1) is 29.3 Å². The molecule has 6 heteroatoms. The van der Waals surface area contributed by atoms with Gasteiger partial charge in [0, 0.05) is 5.69 Å². The third-order valence-corrected chi connectivity index (χ3v) is 4.44. The average Bonchev–Trinajstić information content (AvgIpc) is 3.04. The van der Waals surface area contributed by atoms with Gasteiger partial charge in [0.1, 0.15) is 0 Å². The van der Waals surface area contributed by atoms with Gasteiger partial charge in [-0.1, -0.05) is 30.3 Å². The maximum atomic E-state index is 13.1. The number of aromatic amines is 1. The van der Waals surface area contributed by atoms with Crippen molar-refractivity contribution >= 4 is 22.6 Å². The Morgan fingerprint density at radius 2 is 1.74 bits per heavy atom. The van der Waals surface area contributed by atoms with Crippen molar-refractivity contribution in [1.82, 2.24) is 9.78 Å². The fourth-order valence-corrected chi connectivity index (χ4v) is 3.13. The van der Waals surface area contributed by atoms with Crippen LogP contribution < -0.4 is 11.3 Å². The van der Waals surface area contributed by atoms with Crippen molar-refractivity contribution in [3.05, 3.63) is 82.6 Å². The van der Waals surface area contributed by atoms with Gasteiger partial charge in [-0.15, -0.1) is 0 Å². The normalized spacial score (nSPS) is 10.9. The first-order valence-corrected chi connectivity index (χ1v) is 8.37. The number of aromatic nitrogens is 2. The molecule has 0 bridgehead atoms. The molecule has 0 radical (unpaired) electrons. The maximum Gasteiger partial charge on any atom is 0.337 e. The molecule has 134 valence electrons. The minimum Gasteiger partial charge on any atom is -0.465 e. The first-order chi connectivity index (χ1) is 13.1. The van der Waals surface area contributed by atoms with Crippen LogP contribution in [0.15, 0.2) is 71.5 Å². The van der Waals surface area contributed by atoms with Gasteiger partial charge in [-0.3, -0.25) is 9.89 Å². The van der Waals surface area contributed by atoms with Crippen LogP contribution in [0, 0.1) is 0 Å². The molecule has 0 fully saturated rings. The fraction of sp³-hybridized carbons (Fsp3) is 0.0476. The van der Waals surface area contributed by atoms with E-state index >= 15 is 0 Å². The van der Waals surface area contributed by atoms with E-state index in [0.717, 1.165) is 5.56 Å². The summed E-state index contributed by atoms with van der Waals surface area (Å²) in [5.41, 5.74) is 9.26. The molecule has 6 nitrogen and oxygen atoms in total. The van der Waals surface area contributed by atoms with Crippen LogP contribution >= 0.6 is 0 Å². The SMILES string of the molecule is COC(=O)c1cc(-c2ccc(N)cc2)c2c(=O)n(-c3ccccc3)[nH]c2c1. The van der Waals surface area contributed by atoms with E-state index in [0.29, 0.717) is 33.4 Å². The number of nitrogen functional groups attached to an aromatic ring is 1. The van der Waals surface area contributed by atoms with Crippen molar-refractivity contribution < 1.29 is 9.53 Å². The summed E-state index contributed by atoms with van der Waals surface area (Å²) in [6, 6.07) is 19.7. The van der Waals surface area contributed by atoms with Crippen molar-refractivity contribution in [2.45, 2.75) is 0 Å². The standard InChI is InChI=1S/C21H17N3O3/c1-27-21(26)14-11-17(13-7-9-15(22)10-8-13)19-18(12-14)23-24(20(19)25)16-5-3-2-4-6-16/h2-12,23H,22H2,1H3. The number of carbonyl (C=O) groups excluding carboxylic acids is 1. The number of rotatable bonds is 3. The lowest BCUT2D eigenvalue weighted by Crippen LogP contribution is -2.14. The summed E-state index contributed by atoms with van der Waals surface area (Å²) in [5, 5.41) is 3.59.